The Labute approximate surface area is 109 Å². The SMILES string of the molecule is O=C(C1CCC(C(F)(F)F)CC1)N1CC(O)C(O)C1. The van der Waals surface area contributed by atoms with Crippen molar-refractivity contribution in [3.8, 4) is 0 Å². The summed E-state index contributed by atoms with van der Waals surface area (Å²) >= 11 is 0. The Morgan fingerprint density at radius 2 is 1.47 bits per heavy atom. The van der Waals surface area contributed by atoms with E-state index < -0.39 is 30.2 Å². The highest BCUT2D eigenvalue weighted by Crippen LogP contribution is 2.40. The van der Waals surface area contributed by atoms with Crippen LogP contribution in [0, 0.1) is 11.8 Å². The Morgan fingerprint density at radius 3 is 1.89 bits per heavy atom. The van der Waals surface area contributed by atoms with Crippen molar-refractivity contribution in [2.24, 2.45) is 11.8 Å². The van der Waals surface area contributed by atoms with Crippen molar-refractivity contribution in [3.05, 3.63) is 0 Å². The molecule has 110 valence electrons. The first-order chi connectivity index (χ1) is 8.79. The van der Waals surface area contributed by atoms with Gasteiger partial charge in [-0.1, -0.05) is 0 Å². The molecule has 2 aliphatic rings. The van der Waals surface area contributed by atoms with Crippen LogP contribution in [-0.2, 0) is 4.79 Å². The molecule has 4 nitrogen and oxygen atoms in total. The van der Waals surface area contributed by atoms with E-state index in [2.05, 4.69) is 0 Å². The summed E-state index contributed by atoms with van der Waals surface area (Å²) in [4.78, 5) is 13.4. The Kier molecular flexibility index (Phi) is 4.06. The minimum Gasteiger partial charge on any atom is -0.388 e. The number of nitrogens with zero attached hydrogens (tertiary/aromatic N) is 1. The second-order valence-electron chi connectivity index (χ2n) is 5.47. The molecule has 0 bridgehead atoms. The number of carbonyl (C=O) groups is 1. The molecule has 1 amide bonds. The quantitative estimate of drug-likeness (QED) is 0.751. The van der Waals surface area contributed by atoms with Gasteiger partial charge in [0.25, 0.3) is 0 Å². The number of hydrogen-bond donors (Lipinski definition) is 2. The molecular weight excluding hydrogens is 263 g/mol. The molecule has 19 heavy (non-hydrogen) atoms. The molecule has 2 N–H and O–H groups in total. The van der Waals surface area contributed by atoms with Gasteiger partial charge in [-0.2, -0.15) is 13.2 Å². The van der Waals surface area contributed by atoms with Crippen LogP contribution in [0.3, 0.4) is 0 Å². The fraction of sp³-hybridized carbons (Fsp3) is 0.917. The maximum absolute atomic E-state index is 12.5. The molecule has 0 aromatic heterocycles. The van der Waals surface area contributed by atoms with Gasteiger partial charge < -0.3 is 15.1 Å². The number of β-amino-alcohol motifs (C(OH)–C–C–N with tert-alkyl or cyclic N) is 2. The lowest BCUT2D eigenvalue weighted by Crippen LogP contribution is -2.38. The third-order valence-electron chi connectivity index (χ3n) is 4.11. The molecule has 2 fully saturated rings. The van der Waals surface area contributed by atoms with Crippen LogP contribution in [0.15, 0.2) is 0 Å². The molecule has 1 aliphatic heterocycles. The Morgan fingerprint density at radius 1 is 1.00 bits per heavy atom. The summed E-state index contributed by atoms with van der Waals surface area (Å²) in [5, 5.41) is 18.7. The van der Waals surface area contributed by atoms with Gasteiger partial charge in [0.15, 0.2) is 0 Å². The van der Waals surface area contributed by atoms with Crippen LogP contribution in [0.4, 0.5) is 13.2 Å². The number of likely N-dealkylation sites (tertiary alicyclic amines) is 1. The summed E-state index contributed by atoms with van der Waals surface area (Å²) in [6.45, 7) is 0.137. The van der Waals surface area contributed by atoms with E-state index in [-0.39, 0.29) is 44.7 Å². The predicted molar refractivity (Wildman–Crippen MR) is 60.1 cm³/mol. The van der Waals surface area contributed by atoms with Crippen LogP contribution in [0.1, 0.15) is 25.7 Å². The molecule has 1 aliphatic carbocycles. The minimum atomic E-state index is -4.17. The summed E-state index contributed by atoms with van der Waals surface area (Å²) in [6, 6.07) is 0. The van der Waals surface area contributed by atoms with Gasteiger partial charge in [-0.05, 0) is 25.7 Å². The zero-order valence-corrected chi connectivity index (χ0v) is 10.4. The first-order valence-electron chi connectivity index (χ1n) is 6.50. The average Bonchev–Trinajstić information content (AvgIpc) is 2.68. The van der Waals surface area contributed by atoms with E-state index in [9.17, 15) is 28.2 Å². The Hall–Kier alpha value is -0.820. The normalized spacial score (nSPS) is 36.6. The number of hydrogen-bond acceptors (Lipinski definition) is 3. The molecule has 0 aromatic carbocycles. The summed E-state index contributed by atoms with van der Waals surface area (Å²) in [7, 11) is 0. The second kappa shape index (κ2) is 5.28. The van der Waals surface area contributed by atoms with Gasteiger partial charge >= 0.3 is 6.18 Å². The fourth-order valence-corrected chi connectivity index (χ4v) is 2.88. The van der Waals surface area contributed by atoms with Crippen molar-refractivity contribution >= 4 is 5.91 Å². The van der Waals surface area contributed by atoms with Gasteiger partial charge in [-0.3, -0.25) is 4.79 Å². The van der Waals surface area contributed by atoms with E-state index in [0.717, 1.165) is 0 Å². The van der Waals surface area contributed by atoms with Gasteiger partial charge in [0.2, 0.25) is 5.91 Å². The van der Waals surface area contributed by atoms with Gasteiger partial charge in [0.1, 0.15) is 0 Å². The van der Waals surface area contributed by atoms with E-state index in [0.29, 0.717) is 0 Å². The molecule has 1 saturated carbocycles. The van der Waals surface area contributed by atoms with Gasteiger partial charge in [0.05, 0.1) is 18.1 Å². The highest BCUT2D eigenvalue weighted by Gasteiger charge is 2.44. The summed E-state index contributed by atoms with van der Waals surface area (Å²) in [5.74, 6) is -1.95. The topological polar surface area (TPSA) is 60.8 Å². The van der Waals surface area contributed by atoms with Crippen LogP contribution >= 0.6 is 0 Å². The molecule has 0 spiro atoms. The predicted octanol–water partition coefficient (Wildman–Crippen LogP) is 0.919. The highest BCUT2D eigenvalue weighted by atomic mass is 19.4. The maximum Gasteiger partial charge on any atom is 0.391 e. The van der Waals surface area contributed by atoms with Crippen LogP contribution in [0.25, 0.3) is 0 Å². The number of amides is 1. The minimum absolute atomic E-state index is 0.0150. The van der Waals surface area contributed by atoms with Crippen molar-refractivity contribution < 1.29 is 28.2 Å². The van der Waals surface area contributed by atoms with Gasteiger partial charge in [-0.15, -0.1) is 0 Å². The highest BCUT2D eigenvalue weighted by molar-refractivity contribution is 5.79. The van der Waals surface area contributed by atoms with Crippen molar-refractivity contribution in [1.29, 1.82) is 0 Å². The number of alkyl halides is 3. The number of carbonyl (C=O) groups excluding carboxylic acids is 1. The summed E-state index contributed by atoms with van der Waals surface area (Å²) < 4.78 is 37.5. The van der Waals surface area contributed by atoms with E-state index in [1.165, 1.54) is 4.90 Å². The number of aliphatic hydroxyl groups excluding tert-OH is 2. The fourth-order valence-electron chi connectivity index (χ4n) is 2.88. The van der Waals surface area contributed by atoms with Gasteiger partial charge in [0, 0.05) is 19.0 Å². The first-order valence-corrected chi connectivity index (χ1v) is 6.50. The third kappa shape index (κ3) is 3.20. The van der Waals surface area contributed by atoms with Crippen LogP contribution in [0.5, 0.6) is 0 Å². The molecule has 1 heterocycles. The van der Waals surface area contributed by atoms with E-state index in [4.69, 9.17) is 0 Å². The second-order valence-corrected chi connectivity index (χ2v) is 5.47. The zero-order valence-electron chi connectivity index (χ0n) is 10.4. The zero-order chi connectivity index (χ0) is 14.2. The summed E-state index contributed by atoms with van der Waals surface area (Å²) in [6.07, 6.45) is -5.64. The van der Waals surface area contributed by atoms with Crippen molar-refractivity contribution in [2.75, 3.05) is 13.1 Å². The van der Waals surface area contributed by atoms with E-state index >= 15 is 0 Å². The van der Waals surface area contributed by atoms with Crippen LogP contribution in [-0.4, -0.2) is 52.5 Å². The lowest BCUT2D eigenvalue weighted by molar-refractivity contribution is -0.185. The van der Waals surface area contributed by atoms with Crippen molar-refractivity contribution in [3.63, 3.8) is 0 Å². The van der Waals surface area contributed by atoms with E-state index in [1.807, 2.05) is 0 Å². The smallest absolute Gasteiger partial charge is 0.388 e. The largest absolute Gasteiger partial charge is 0.391 e. The van der Waals surface area contributed by atoms with Crippen LogP contribution < -0.4 is 0 Å². The molecule has 0 radical (unpaired) electrons. The monoisotopic (exact) mass is 281 g/mol. The molecule has 2 atom stereocenters. The van der Waals surface area contributed by atoms with Crippen molar-refractivity contribution in [1.82, 2.24) is 4.90 Å². The average molecular weight is 281 g/mol. The number of rotatable bonds is 1. The van der Waals surface area contributed by atoms with Crippen LogP contribution in [0.2, 0.25) is 0 Å². The standard InChI is InChI=1S/C12H18F3NO3/c13-12(14,15)8-3-1-7(2-4-8)11(19)16-5-9(17)10(18)6-16/h7-10,17-18H,1-6H2. The maximum atomic E-state index is 12.5. The molecular formula is C12H18F3NO3. The lowest BCUT2D eigenvalue weighted by Gasteiger charge is -2.31. The Bertz CT molecular complexity index is 330. The first kappa shape index (κ1) is 14.6. The van der Waals surface area contributed by atoms with Gasteiger partial charge in [-0.25, -0.2) is 0 Å². The molecule has 7 heteroatoms. The molecule has 2 unspecified atom stereocenters. The molecule has 2 rings (SSSR count). The lowest BCUT2D eigenvalue weighted by atomic mass is 9.81. The summed E-state index contributed by atoms with van der Waals surface area (Å²) in [5.41, 5.74) is 0. The number of aliphatic hydroxyl groups is 2. The number of halogens is 3. The van der Waals surface area contributed by atoms with Crippen molar-refractivity contribution in [2.45, 2.75) is 44.1 Å². The third-order valence-corrected chi connectivity index (χ3v) is 4.11. The Balaban J connectivity index is 1.86. The molecule has 1 saturated heterocycles. The van der Waals surface area contributed by atoms with E-state index in [1.54, 1.807) is 0 Å². The molecule has 0 aromatic rings.